The fourth-order valence-electron chi connectivity index (χ4n) is 3.96. The summed E-state index contributed by atoms with van der Waals surface area (Å²) in [7, 11) is 3.19. The van der Waals surface area contributed by atoms with Crippen LogP contribution in [-0.4, -0.2) is 53.8 Å². The molecule has 3 heterocycles. The van der Waals surface area contributed by atoms with Gasteiger partial charge in [-0.1, -0.05) is 18.2 Å². The summed E-state index contributed by atoms with van der Waals surface area (Å²) in [4.78, 5) is 28.2. The molecular weight excluding hydrogens is 428 g/mol. The summed E-state index contributed by atoms with van der Waals surface area (Å²) in [5.74, 6) is 1.50. The number of aromatic nitrogens is 2. The van der Waals surface area contributed by atoms with E-state index in [-0.39, 0.29) is 17.7 Å². The number of para-hydroxylation sites is 1. The lowest BCUT2D eigenvalue weighted by molar-refractivity contribution is -0.121. The molecule has 0 bridgehead atoms. The Labute approximate surface area is 190 Å². The van der Waals surface area contributed by atoms with Gasteiger partial charge in [-0.05, 0) is 30.4 Å². The van der Waals surface area contributed by atoms with Crippen molar-refractivity contribution in [1.82, 2.24) is 14.7 Å². The van der Waals surface area contributed by atoms with Gasteiger partial charge < -0.3 is 19.7 Å². The Morgan fingerprint density at radius 1 is 1.19 bits per heavy atom. The van der Waals surface area contributed by atoms with E-state index in [1.54, 1.807) is 36.1 Å². The lowest BCUT2D eigenvalue weighted by Gasteiger charge is -2.31. The van der Waals surface area contributed by atoms with E-state index in [1.165, 1.54) is 11.3 Å². The van der Waals surface area contributed by atoms with Gasteiger partial charge >= 0.3 is 0 Å². The Kier molecular flexibility index (Phi) is 6.75. The Bertz CT molecular complexity index is 1080. The normalized spacial score (nSPS) is 15.9. The van der Waals surface area contributed by atoms with Gasteiger partial charge in [-0.3, -0.25) is 9.59 Å². The molecule has 1 unspecified atom stereocenters. The number of rotatable bonds is 7. The van der Waals surface area contributed by atoms with Crippen LogP contribution in [-0.2, 0) is 11.3 Å². The number of carbonyl (C=O) groups is 2. The molecule has 1 aromatic carbocycles. The van der Waals surface area contributed by atoms with Crippen LogP contribution >= 0.6 is 11.3 Å². The highest BCUT2D eigenvalue weighted by molar-refractivity contribution is 7.12. The second kappa shape index (κ2) is 9.86. The molecule has 2 amide bonds. The molecule has 1 fully saturated rings. The first kappa shape index (κ1) is 21.9. The van der Waals surface area contributed by atoms with Crippen molar-refractivity contribution in [2.24, 2.45) is 5.92 Å². The fraction of sp³-hybridized carbons (Fsp3) is 0.348. The van der Waals surface area contributed by atoms with E-state index in [2.05, 4.69) is 10.4 Å². The zero-order chi connectivity index (χ0) is 22.5. The van der Waals surface area contributed by atoms with Crippen LogP contribution in [0.4, 0.5) is 5.82 Å². The van der Waals surface area contributed by atoms with Crippen LogP contribution < -0.4 is 14.8 Å². The second-order valence-electron chi connectivity index (χ2n) is 7.58. The number of anilines is 1. The number of thiophene rings is 1. The molecule has 0 radical (unpaired) electrons. The second-order valence-corrected chi connectivity index (χ2v) is 8.53. The van der Waals surface area contributed by atoms with Crippen molar-refractivity contribution in [3.63, 3.8) is 0 Å². The third-order valence-electron chi connectivity index (χ3n) is 5.58. The van der Waals surface area contributed by atoms with Gasteiger partial charge in [-0.2, -0.15) is 5.10 Å². The standard InChI is InChI=1S/C23H26N4O4S/c1-30-18-8-3-6-16(21(18)31-2)15-27-20(10-11-24-27)25-22(28)17-7-4-12-26(14-17)23(29)19-9-5-13-32-19/h3,5-6,8-11,13,17H,4,7,12,14-15H2,1-2H3,(H,25,28). The molecule has 0 spiro atoms. The van der Waals surface area contributed by atoms with E-state index in [0.717, 1.165) is 18.4 Å². The molecule has 0 saturated carbocycles. The molecule has 2 aromatic heterocycles. The van der Waals surface area contributed by atoms with Crippen LogP contribution in [0.5, 0.6) is 11.5 Å². The molecular formula is C23H26N4O4S. The SMILES string of the molecule is COc1cccc(Cn2nccc2NC(=O)C2CCCN(C(=O)c3cccs3)C2)c1OC. The van der Waals surface area contributed by atoms with Gasteiger partial charge in [0.2, 0.25) is 5.91 Å². The van der Waals surface area contributed by atoms with Crippen molar-refractivity contribution in [1.29, 1.82) is 0 Å². The summed E-state index contributed by atoms with van der Waals surface area (Å²) in [5.41, 5.74) is 0.886. The number of piperidine rings is 1. The Balaban J connectivity index is 1.44. The number of nitrogens with one attached hydrogen (secondary N) is 1. The number of ether oxygens (including phenoxy) is 2. The van der Waals surface area contributed by atoms with E-state index in [1.807, 2.05) is 35.7 Å². The van der Waals surface area contributed by atoms with Crippen molar-refractivity contribution < 1.29 is 19.1 Å². The van der Waals surface area contributed by atoms with Crippen molar-refractivity contribution >= 4 is 29.0 Å². The van der Waals surface area contributed by atoms with Crippen molar-refractivity contribution in [3.05, 3.63) is 58.4 Å². The molecule has 9 heteroatoms. The van der Waals surface area contributed by atoms with Crippen molar-refractivity contribution in [2.45, 2.75) is 19.4 Å². The maximum absolute atomic E-state index is 13.0. The van der Waals surface area contributed by atoms with Crippen LogP contribution in [0.3, 0.4) is 0 Å². The smallest absolute Gasteiger partial charge is 0.263 e. The molecule has 1 aliphatic heterocycles. The number of nitrogens with zero attached hydrogens (tertiary/aromatic N) is 3. The van der Waals surface area contributed by atoms with E-state index in [9.17, 15) is 9.59 Å². The van der Waals surface area contributed by atoms with Crippen LogP contribution in [0.25, 0.3) is 0 Å². The van der Waals surface area contributed by atoms with Gasteiger partial charge in [0, 0.05) is 24.7 Å². The zero-order valence-corrected chi connectivity index (χ0v) is 18.9. The summed E-state index contributed by atoms with van der Waals surface area (Å²) in [6.07, 6.45) is 3.20. The number of benzene rings is 1. The summed E-state index contributed by atoms with van der Waals surface area (Å²) in [6, 6.07) is 11.1. The predicted octanol–water partition coefficient (Wildman–Crippen LogP) is 3.50. The number of carbonyl (C=O) groups excluding carboxylic acids is 2. The summed E-state index contributed by atoms with van der Waals surface area (Å²) < 4.78 is 12.6. The minimum absolute atomic E-state index is 0.00679. The van der Waals surface area contributed by atoms with Crippen molar-refractivity contribution in [2.75, 3.05) is 32.6 Å². The minimum atomic E-state index is -0.262. The highest BCUT2D eigenvalue weighted by Crippen LogP contribution is 2.31. The molecule has 1 atom stereocenters. The lowest BCUT2D eigenvalue weighted by atomic mass is 9.97. The first-order chi connectivity index (χ1) is 15.6. The number of methoxy groups -OCH3 is 2. The summed E-state index contributed by atoms with van der Waals surface area (Å²) in [5, 5.41) is 9.24. The Morgan fingerprint density at radius 3 is 2.81 bits per heavy atom. The molecule has 1 N–H and O–H groups in total. The first-order valence-corrected chi connectivity index (χ1v) is 11.3. The molecule has 0 aliphatic carbocycles. The molecule has 4 rings (SSSR count). The number of hydrogen-bond donors (Lipinski definition) is 1. The monoisotopic (exact) mass is 454 g/mol. The molecule has 1 saturated heterocycles. The zero-order valence-electron chi connectivity index (χ0n) is 18.1. The quantitative estimate of drug-likeness (QED) is 0.591. The van der Waals surface area contributed by atoms with Gasteiger partial charge in [0.15, 0.2) is 11.5 Å². The van der Waals surface area contributed by atoms with Gasteiger partial charge in [-0.15, -0.1) is 11.3 Å². The average Bonchev–Trinajstić information content (AvgIpc) is 3.51. The van der Waals surface area contributed by atoms with E-state index < -0.39 is 0 Å². The average molecular weight is 455 g/mol. The molecule has 8 nitrogen and oxygen atoms in total. The number of hydrogen-bond acceptors (Lipinski definition) is 6. The molecule has 3 aromatic rings. The number of amides is 2. The number of likely N-dealkylation sites (tertiary alicyclic amines) is 1. The van der Waals surface area contributed by atoms with E-state index >= 15 is 0 Å². The Morgan fingerprint density at radius 2 is 2.06 bits per heavy atom. The maximum atomic E-state index is 13.0. The molecule has 32 heavy (non-hydrogen) atoms. The van der Waals surface area contributed by atoms with Gasteiger partial charge in [0.1, 0.15) is 5.82 Å². The maximum Gasteiger partial charge on any atom is 0.263 e. The van der Waals surface area contributed by atoms with E-state index in [4.69, 9.17) is 9.47 Å². The van der Waals surface area contributed by atoms with Crippen LogP contribution in [0.15, 0.2) is 48.0 Å². The highest BCUT2D eigenvalue weighted by atomic mass is 32.1. The first-order valence-electron chi connectivity index (χ1n) is 10.5. The highest BCUT2D eigenvalue weighted by Gasteiger charge is 2.29. The summed E-state index contributed by atoms with van der Waals surface area (Å²) in [6.45, 7) is 1.51. The minimum Gasteiger partial charge on any atom is -0.493 e. The van der Waals surface area contributed by atoms with Gasteiger partial charge in [-0.25, -0.2) is 4.68 Å². The van der Waals surface area contributed by atoms with Crippen LogP contribution in [0, 0.1) is 5.92 Å². The van der Waals surface area contributed by atoms with Gasteiger partial charge in [0.25, 0.3) is 5.91 Å². The van der Waals surface area contributed by atoms with Crippen LogP contribution in [0.1, 0.15) is 28.1 Å². The summed E-state index contributed by atoms with van der Waals surface area (Å²) >= 11 is 1.42. The van der Waals surface area contributed by atoms with Gasteiger partial charge in [0.05, 0.1) is 37.8 Å². The molecule has 168 valence electrons. The third kappa shape index (κ3) is 4.62. The van der Waals surface area contributed by atoms with Crippen LogP contribution in [0.2, 0.25) is 0 Å². The Hall–Kier alpha value is -3.33. The predicted molar refractivity (Wildman–Crippen MR) is 122 cm³/mol. The molecule has 1 aliphatic rings. The topological polar surface area (TPSA) is 85.7 Å². The largest absolute Gasteiger partial charge is 0.493 e. The van der Waals surface area contributed by atoms with E-state index in [0.29, 0.717) is 41.8 Å². The lowest BCUT2D eigenvalue weighted by Crippen LogP contribution is -2.43. The fourth-order valence-corrected chi connectivity index (χ4v) is 4.66. The third-order valence-corrected chi connectivity index (χ3v) is 6.44. The van der Waals surface area contributed by atoms with Crippen molar-refractivity contribution in [3.8, 4) is 11.5 Å².